The Morgan fingerprint density at radius 3 is 2.36 bits per heavy atom. The molecule has 2 aromatic rings. The van der Waals surface area contributed by atoms with Gasteiger partial charge >= 0.3 is 0 Å². The molecule has 1 aromatic heterocycles. The fraction of sp³-hybridized carbons (Fsp3) is 0.500. The van der Waals surface area contributed by atoms with Gasteiger partial charge in [0.25, 0.3) is 0 Å². The van der Waals surface area contributed by atoms with Crippen LogP contribution in [-0.2, 0) is 6.61 Å². The van der Waals surface area contributed by atoms with Crippen LogP contribution in [0.15, 0.2) is 36.4 Å². The number of aromatic nitrogens is 2. The molecule has 0 aliphatic rings. The highest BCUT2D eigenvalue weighted by Crippen LogP contribution is 2.14. The minimum atomic E-state index is 0.505. The zero-order valence-corrected chi connectivity index (χ0v) is 16.0. The summed E-state index contributed by atoms with van der Waals surface area (Å²) in [5, 5.41) is 3.32. The van der Waals surface area contributed by atoms with Gasteiger partial charge in [0.1, 0.15) is 6.61 Å². The first-order chi connectivity index (χ1) is 12.0. The van der Waals surface area contributed by atoms with Gasteiger partial charge in [-0.05, 0) is 40.2 Å². The van der Waals surface area contributed by atoms with Gasteiger partial charge in [0.2, 0.25) is 11.8 Å². The zero-order chi connectivity index (χ0) is 18.2. The first kappa shape index (κ1) is 19.2. The van der Waals surface area contributed by atoms with Crippen LogP contribution in [0.25, 0.3) is 0 Å². The van der Waals surface area contributed by atoms with Gasteiger partial charge in [-0.25, -0.2) is 4.98 Å². The van der Waals surface area contributed by atoms with E-state index >= 15 is 0 Å². The Bertz CT molecular complexity index is 635. The van der Waals surface area contributed by atoms with E-state index in [1.54, 1.807) is 0 Å². The monoisotopic (exact) mass is 342 g/mol. The predicted molar refractivity (Wildman–Crippen MR) is 103 cm³/mol. The van der Waals surface area contributed by atoms with Crippen molar-refractivity contribution in [2.45, 2.75) is 53.3 Å². The zero-order valence-electron chi connectivity index (χ0n) is 16.0. The lowest BCUT2D eigenvalue weighted by atomic mass is 10.2. The van der Waals surface area contributed by atoms with Crippen LogP contribution < -0.4 is 10.1 Å². The van der Waals surface area contributed by atoms with E-state index in [0.717, 1.165) is 24.3 Å². The molecule has 0 spiro atoms. The number of ether oxygens (including phenoxy) is 1. The number of aryl methyl sites for hydroxylation is 1. The van der Waals surface area contributed by atoms with Crippen molar-refractivity contribution in [3.63, 3.8) is 0 Å². The minimum absolute atomic E-state index is 0.505. The number of nitrogens with zero attached hydrogens (tertiary/aromatic N) is 3. The molecule has 5 nitrogen and oxygen atoms in total. The van der Waals surface area contributed by atoms with Crippen molar-refractivity contribution in [2.24, 2.45) is 0 Å². The van der Waals surface area contributed by atoms with Gasteiger partial charge in [0.15, 0.2) is 0 Å². The van der Waals surface area contributed by atoms with Gasteiger partial charge < -0.3 is 10.1 Å². The Hall–Kier alpha value is -2.14. The van der Waals surface area contributed by atoms with Gasteiger partial charge in [0.05, 0.1) is 0 Å². The number of rotatable bonds is 9. The summed E-state index contributed by atoms with van der Waals surface area (Å²) in [5.74, 6) is 1.22. The van der Waals surface area contributed by atoms with E-state index in [0.29, 0.717) is 30.5 Å². The fourth-order valence-electron chi connectivity index (χ4n) is 2.83. The highest BCUT2D eigenvalue weighted by Gasteiger charge is 2.12. The highest BCUT2D eigenvalue weighted by molar-refractivity contribution is 5.30. The first-order valence-corrected chi connectivity index (χ1v) is 8.97. The Morgan fingerprint density at radius 2 is 1.72 bits per heavy atom. The van der Waals surface area contributed by atoms with Crippen molar-refractivity contribution < 1.29 is 4.74 Å². The second kappa shape index (κ2) is 9.37. The maximum absolute atomic E-state index is 5.82. The quantitative estimate of drug-likeness (QED) is 0.749. The van der Waals surface area contributed by atoms with Crippen LogP contribution >= 0.6 is 0 Å². The fourth-order valence-corrected chi connectivity index (χ4v) is 2.83. The van der Waals surface area contributed by atoms with Gasteiger partial charge in [-0.1, -0.05) is 30.3 Å². The molecule has 0 aliphatic carbocycles. The molecule has 0 saturated heterocycles. The van der Waals surface area contributed by atoms with E-state index in [9.17, 15) is 0 Å². The lowest BCUT2D eigenvalue weighted by molar-refractivity contribution is 0.182. The Kier molecular flexibility index (Phi) is 7.19. The third-order valence-corrected chi connectivity index (χ3v) is 4.04. The second-order valence-electron chi connectivity index (χ2n) is 6.80. The minimum Gasteiger partial charge on any atom is -0.473 e. The predicted octanol–water partition coefficient (Wildman–Crippen LogP) is 3.89. The van der Waals surface area contributed by atoms with Crippen molar-refractivity contribution in [1.82, 2.24) is 14.9 Å². The number of nitrogens with one attached hydrogen (secondary N) is 1. The molecular formula is C20H30N4O. The summed E-state index contributed by atoms with van der Waals surface area (Å²) in [4.78, 5) is 11.4. The van der Waals surface area contributed by atoms with Gasteiger partial charge in [-0.2, -0.15) is 4.98 Å². The standard InChI is InChI=1S/C20H30N4O/c1-15(2)24(16(3)4)12-11-21-20-22-17(5)13-19(23-20)25-14-18-9-7-6-8-10-18/h6-10,13,15-16H,11-12,14H2,1-5H3,(H,21,22,23). The maximum atomic E-state index is 5.82. The molecule has 0 fully saturated rings. The molecule has 25 heavy (non-hydrogen) atoms. The van der Waals surface area contributed by atoms with Crippen LogP contribution in [0.4, 0.5) is 5.95 Å². The average molecular weight is 342 g/mol. The topological polar surface area (TPSA) is 50.3 Å². The van der Waals surface area contributed by atoms with Gasteiger partial charge in [-0.3, -0.25) is 4.90 Å². The molecule has 1 N–H and O–H groups in total. The van der Waals surface area contributed by atoms with Crippen LogP contribution in [-0.4, -0.2) is 40.0 Å². The van der Waals surface area contributed by atoms with Crippen molar-refractivity contribution >= 4 is 5.95 Å². The second-order valence-corrected chi connectivity index (χ2v) is 6.80. The lowest BCUT2D eigenvalue weighted by Gasteiger charge is -2.30. The first-order valence-electron chi connectivity index (χ1n) is 8.97. The summed E-state index contributed by atoms with van der Waals surface area (Å²) >= 11 is 0. The molecule has 0 saturated carbocycles. The van der Waals surface area contributed by atoms with Crippen molar-refractivity contribution in [3.05, 3.63) is 47.7 Å². The van der Waals surface area contributed by atoms with E-state index in [1.807, 2.05) is 43.3 Å². The molecular weight excluding hydrogens is 312 g/mol. The number of hydrogen-bond acceptors (Lipinski definition) is 5. The summed E-state index contributed by atoms with van der Waals surface area (Å²) < 4.78 is 5.82. The van der Waals surface area contributed by atoms with Crippen molar-refractivity contribution in [2.75, 3.05) is 18.4 Å². The number of benzene rings is 1. The van der Waals surface area contributed by atoms with E-state index in [4.69, 9.17) is 4.74 Å². The van der Waals surface area contributed by atoms with E-state index in [-0.39, 0.29) is 0 Å². The van der Waals surface area contributed by atoms with Crippen LogP contribution in [0, 0.1) is 6.92 Å². The van der Waals surface area contributed by atoms with Crippen LogP contribution in [0.5, 0.6) is 5.88 Å². The van der Waals surface area contributed by atoms with Gasteiger partial charge in [0, 0.05) is 36.9 Å². The molecule has 1 heterocycles. The van der Waals surface area contributed by atoms with Crippen molar-refractivity contribution in [1.29, 1.82) is 0 Å². The summed E-state index contributed by atoms with van der Waals surface area (Å²) in [7, 11) is 0. The van der Waals surface area contributed by atoms with E-state index in [2.05, 4.69) is 47.9 Å². The van der Waals surface area contributed by atoms with Crippen LogP contribution in [0.3, 0.4) is 0 Å². The van der Waals surface area contributed by atoms with E-state index < -0.39 is 0 Å². The average Bonchev–Trinajstić information content (AvgIpc) is 2.57. The molecule has 0 aliphatic heterocycles. The Labute approximate surface area is 151 Å². The van der Waals surface area contributed by atoms with E-state index in [1.165, 1.54) is 0 Å². The molecule has 136 valence electrons. The molecule has 1 aromatic carbocycles. The number of anilines is 1. The Morgan fingerprint density at radius 1 is 1.04 bits per heavy atom. The molecule has 0 radical (unpaired) electrons. The number of hydrogen-bond donors (Lipinski definition) is 1. The third kappa shape index (κ3) is 6.35. The summed E-state index contributed by atoms with van der Waals surface area (Å²) in [6.45, 7) is 13.1. The third-order valence-electron chi connectivity index (χ3n) is 4.04. The molecule has 0 bridgehead atoms. The lowest BCUT2D eigenvalue weighted by Crippen LogP contribution is -2.40. The smallest absolute Gasteiger partial charge is 0.226 e. The maximum Gasteiger partial charge on any atom is 0.226 e. The van der Waals surface area contributed by atoms with Crippen molar-refractivity contribution in [3.8, 4) is 5.88 Å². The highest BCUT2D eigenvalue weighted by atomic mass is 16.5. The molecule has 5 heteroatoms. The SMILES string of the molecule is Cc1cc(OCc2ccccc2)nc(NCCN(C(C)C)C(C)C)n1. The molecule has 0 atom stereocenters. The normalized spacial score (nSPS) is 11.4. The van der Waals surface area contributed by atoms with Gasteiger partial charge in [-0.15, -0.1) is 0 Å². The summed E-state index contributed by atoms with van der Waals surface area (Å²) in [6, 6.07) is 13.0. The summed E-state index contributed by atoms with van der Waals surface area (Å²) in [5.41, 5.74) is 2.02. The largest absolute Gasteiger partial charge is 0.473 e. The Balaban J connectivity index is 1.92. The van der Waals surface area contributed by atoms with Crippen LogP contribution in [0.2, 0.25) is 0 Å². The van der Waals surface area contributed by atoms with Crippen LogP contribution in [0.1, 0.15) is 39.0 Å². The molecule has 2 rings (SSSR count). The summed E-state index contributed by atoms with van der Waals surface area (Å²) in [6.07, 6.45) is 0. The molecule has 0 unspecified atom stereocenters. The molecule has 0 amide bonds.